The number of methoxy groups -OCH3 is 2. The average molecular weight is 278 g/mol. The minimum Gasteiger partial charge on any atom is -0.384 e. The van der Waals surface area contributed by atoms with Gasteiger partial charge >= 0.3 is 0 Å². The Balaban J connectivity index is 2.06. The van der Waals surface area contributed by atoms with Gasteiger partial charge in [-0.05, 0) is 25.0 Å². The van der Waals surface area contributed by atoms with E-state index in [0.717, 1.165) is 25.0 Å². The van der Waals surface area contributed by atoms with Crippen molar-refractivity contribution in [2.45, 2.75) is 25.3 Å². The molecule has 1 amide bonds. The van der Waals surface area contributed by atoms with Crippen molar-refractivity contribution >= 4 is 5.91 Å². The van der Waals surface area contributed by atoms with Gasteiger partial charge in [0, 0.05) is 20.4 Å². The van der Waals surface area contributed by atoms with E-state index in [-0.39, 0.29) is 17.4 Å². The van der Waals surface area contributed by atoms with Crippen LogP contribution in [0.4, 0.5) is 0 Å². The first-order valence-corrected chi connectivity index (χ1v) is 6.91. The zero-order chi connectivity index (χ0) is 14.4. The van der Waals surface area contributed by atoms with Crippen molar-refractivity contribution in [1.29, 1.82) is 0 Å². The van der Waals surface area contributed by atoms with Gasteiger partial charge < -0.3 is 14.8 Å². The van der Waals surface area contributed by atoms with Crippen LogP contribution in [0.5, 0.6) is 0 Å². The van der Waals surface area contributed by atoms with Gasteiger partial charge in [-0.3, -0.25) is 9.78 Å². The van der Waals surface area contributed by atoms with Gasteiger partial charge in [0.25, 0.3) is 0 Å². The fourth-order valence-electron chi connectivity index (χ4n) is 2.58. The maximum Gasteiger partial charge on any atom is 0.229 e. The van der Waals surface area contributed by atoms with E-state index in [4.69, 9.17) is 9.47 Å². The first-order valence-electron chi connectivity index (χ1n) is 6.91. The topological polar surface area (TPSA) is 60.5 Å². The molecule has 1 aromatic heterocycles. The molecule has 1 aliphatic carbocycles. The maximum absolute atomic E-state index is 12.5. The summed E-state index contributed by atoms with van der Waals surface area (Å²) >= 11 is 0. The monoisotopic (exact) mass is 278 g/mol. The Bertz CT molecular complexity index is 432. The first kappa shape index (κ1) is 14.9. The van der Waals surface area contributed by atoms with Crippen LogP contribution < -0.4 is 5.32 Å². The summed E-state index contributed by atoms with van der Waals surface area (Å²) in [5, 5.41) is 3.06. The van der Waals surface area contributed by atoms with Crippen molar-refractivity contribution in [1.82, 2.24) is 10.3 Å². The number of aromatic nitrogens is 1. The lowest BCUT2D eigenvalue weighted by Gasteiger charge is -2.40. The molecule has 0 radical (unpaired) electrons. The Morgan fingerprint density at radius 3 is 2.70 bits per heavy atom. The smallest absolute Gasteiger partial charge is 0.229 e. The average Bonchev–Trinajstić information content (AvgIpc) is 2.43. The molecular weight excluding hydrogens is 256 g/mol. The van der Waals surface area contributed by atoms with Crippen molar-refractivity contribution in [3.05, 3.63) is 30.1 Å². The molecule has 1 heterocycles. The second-order valence-corrected chi connectivity index (χ2v) is 5.30. The quantitative estimate of drug-likeness (QED) is 0.824. The lowest BCUT2D eigenvalue weighted by Crippen LogP contribution is -2.50. The van der Waals surface area contributed by atoms with Crippen molar-refractivity contribution in [2.75, 3.05) is 27.4 Å². The van der Waals surface area contributed by atoms with E-state index >= 15 is 0 Å². The standard InChI is InChI=1S/C15H22N2O3/c1-19-10-13(12-6-3-4-9-16-12)17-14(18)15(11-20-2)7-5-8-15/h3-4,6,9,13H,5,7-8,10-11H2,1-2H3,(H,17,18)/t13-/m1/s1. The molecule has 0 spiro atoms. The Kier molecular flexibility index (Phi) is 5.09. The number of hydrogen-bond acceptors (Lipinski definition) is 4. The molecule has 1 atom stereocenters. The zero-order valence-electron chi connectivity index (χ0n) is 12.1. The van der Waals surface area contributed by atoms with Crippen LogP contribution in [0.15, 0.2) is 24.4 Å². The number of ether oxygens (including phenoxy) is 2. The van der Waals surface area contributed by atoms with Crippen LogP contribution >= 0.6 is 0 Å². The summed E-state index contributed by atoms with van der Waals surface area (Å²) in [6.45, 7) is 0.882. The van der Waals surface area contributed by atoms with E-state index in [0.29, 0.717) is 13.2 Å². The van der Waals surface area contributed by atoms with Crippen LogP contribution in [-0.4, -0.2) is 38.3 Å². The number of pyridine rings is 1. The van der Waals surface area contributed by atoms with Gasteiger partial charge in [0.1, 0.15) is 0 Å². The second-order valence-electron chi connectivity index (χ2n) is 5.30. The van der Waals surface area contributed by atoms with Crippen LogP contribution in [0.3, 0.4) is 0 Å². The molecule has 110 valence electrons. The fourth-order valence-corrected chi connectivity index (χ4v) is 2.58. The van der Waals surface area contributed by atoms with E-state index in [1.807, 2.05) is 18.2 Å². The third kappa shape index (κ3) is 3.16. The third-order valence-corrected chi connectivity index (χ3v) is 3.90. The van der Waals surface area contributed by atoms with E-state index in [1.165, 1.54) is 0 Å². The fraction of sp³-hybridized carbons (Fsp3) is 0.600. The Morgan fingerprint density at radius 1 is 1.40 bits per heavy atom. The van der Waals surface area contributed by atoms with Crippen LogP contribution in [0, 0.1) is 5.41 Å². The summed E-state index contributed by atoms with van der Waals surface area (Å²) in [6.07, 6.45) is 4.57. The van der Waals surface area contributed by atoms with Crippen LogP contribution in [-0.2, 0) is 14.3 Å². The Hall–Kier alpha value is -1.46. The normalized spacial score (nSPS) is 18.1. The number of nitrogens with zero attached hydrogens (tertiary/aromatic N) is 1. The van der Waals surface area contributed by atoms with Crippen LogP contribution in [0.2, 0.25) is 0 Å². The minimum absolute atomic E-state index is 0.0401. The highest BCUT2D eigenvalue weighted by atomic mass is 16.5. The highest BCUT2D eigenvalue weighted by Gasteiger charge is 2.44. The van der Waals surface area contributed by atoms with E-state index in [1.54, 1.807) is 20.4 Å². The molecule has 5 heteroatoms. The van der Waals surface area contributed by atoms with Gasteiger partial charge in [0.2, 0.25) is 5.91 Å². The molecule has 20 heavy (non-hydrogen) atoms. The van der Waals surface area contributed by atoms with Crippen molar-refractivity contribution in [3.63, 3.8) is 0 Å². The van der Waals surface area contributed by atoms with E-state index in [2.05, 4.69) is 10.3 Å². The van der Waals surface area contributed by atoms with Crippen LogP contribution in [0.25, 0.3) is 0 Å². The number of carbonyl (C=O) groups excluding carboxylic acids is 1. The lowest BCUT2D eigenvalue weighted by atomic mass is 9.68. The molecule has 1 aliphatic rings. The van der Waals surface area contributed by atoms with E-state index < -0.39 is 0 Å². The van der Waals surface area contributed by atoms with Crippen LogP contribution in [0.1, 0.15) is 31.0 Å². The molecule has 2 rings (SSSR count). The lowest BCUT2D eigenvalue weighted by molar-refractivity contribution is -0.141. The molecule has 1 N–H and O–H groups in total. The largest absolute Gasteiger partial charge is 0.384 e. The number of rotatable bonds is 7. The highest BCUT2D eigenvalue weighted by molar-refractivity contribution is 5.84. The molecule has 1 fully saturated rings. The highest BCUT2D eigenvalue weighted by Crippen LogP contribution is 2.41. The number of nitrogens with one attached hydrogen (secondary N) is 1. The molecule has 5 nitrogen and oxygen atoms in total. The van der Waals surface area contributed by atoms with Gasteiger partial charge in [-0.15, -0.1) is 0 Å². The predicted octanol–water partition coefficient (Wildman–Crippen LogP) is 1.70. The molecule has 0 bridgehead atoms. The summed E-state index contributed by atoms with van der Waals surface area (Å²) in [4.78, 5) is 16.8. The summed E-state index contributed by atoms with van der Waals surface area (Å²) < 4.78 is 10.4. The number of amides is 1. The Morgan fingerprint density at radius 2 is 2.20 bits per heavy atom. The van der Waals surface area contributed by atoms with Gasteiger partial charge in [-0.2, -0.15) is 0 Å². The van der Waals surface area contributed by atoms with Gasteiger partial charge in [-0.25, -0.2) is 0 Å². The number of carbonyl (C=O) groups is 1. The third-order valence-electron chi connectivity index (χ3n) is 3.90. The Labute approximate surface area is 119 Å². The molecule has 1 saturated carbocycles. The zero-order valence-corrected chi connectivity index (χ0v) is 12.1. The van der Waals surface area contributed by atoms with Gasteiger partial charge in [0.05, 0.1) is 30.4 Å². The molecular formula is C15H22N2O3. The summed E-state index contributed by atoms with van der Waals surface area (Å²) in [5.74, 6) is 0.0401. The van der Waals surface area contributed by atoms with Gasteiger partial charge in [-0.1, -0.05) is 12.5 Å². The van der Waals surface area contributed by atoms with E-state index in [9.17, 15) is 4.79 Å². The number of hydrogen-bond donors (Lipinski definition) is 1. The minimum atomic E-state index is -0.366. The molecule has 0 aromatic carbocycles. The van der Waals surface area contributed by atoms with Crippen molar-refractivity contribution in [2.24, 2.45) is 5.41 Å². The SMILES string of the molecule is COC[C@@H](NC(=O)C1(COC)CCC1)c1ccccn1. The summed E-state index contributed by atoms with van der Waals surface area (Å²) in [6, 6.07) is 5.44. The summed E-state index contributed by atoms with van der Waals surface area (Å²) in [7, 11) is 3.26. The van der Waals surface area contributed by atoms with Gasteiger partial charge in [0.15, 0.2) is 0 Å². The molecule has 0 unspecified atom stereocenters. The molecule has 1 aromatic rings. The molecule has 0 aliphatic heterocycles. The second kappa shape index (κ2) is 6.81. The van der Waals surface area contributed by atoms with Crippen molar-refractivity contribution < 1.29 is 14.3 Å². The summed E-state index contributed by atoms with van der Waals surface area (Å²) in [5.41, 5.74) is 0.449. The predicted molar refractivity (Wildman–Crippen MR) is 75.2 cm³/mol. The maximum atomic E-state index is 12.5. The first-order chi connectivity index (χ1) is 9.72. The van der Waals surface area contributed by atoms with Crippen molar-refractivity contribution in [3.8, 4) is 0 Å². The molecule has 0 saturated heterocycles.